The molecule has 0 saturated carbocycles. The van der Waals surface area contributed by atoms with Crippen LogP contribution in [0.2, 0.25) is 0 Å². The molecule has 0 amide bonds. The molecule has 0 spiro atoms. The first kappa shape index (κ1) is 12.3. The van der Waals surface area contributed by atoms with E-state index < -0.39 is 0 Å². The lowest BCUT2D eigenvalue weighted by Crippen LogP contribution is -2.06. The molecule has 0 saturated heterocycles. The Kier molecular flexibility index (Phi) is 3.72. The van der Waals surface area contributed by atoms with Crippen molar-refractivity contribution in [3.63, 3.8) is 0 Å². The monoisotopic (exact) mass is 246 g/mol. The second kappa shape index (κ2) is 5.44. The predicted octanol–water partition coefficient (Wildman–Crippen LogP) is 1.67. The van der Waals surface area contributed by atoms with Gasteiger partial charge in [-0.05, 0) is 24.1 Å². The van der Waals surface area contributed by atoms with Crippen LogP contribution in [-0.4, -0.2) is 23.4 Å². The van der Waals surface area contributed by atoms with Crippen molar-refractivity contribution in [2.45, 2.75) is 6.42 Å². The van der Waals surface area contributed by atoms with Gasteiger partial charge in [0.05, 0.1) is 24.7 Å². The van der Waals surface area contributed by atoms with Crippen LogP contribution in [0.4, 0.5) is 11.4 Å². The summed E-state index contributed by atoms with van der Waals surface area (Å²) >= 11 is 0. The van der Waals surface area contributed by atoms with Crippen molar-refractivity contribution in [2.24, 2.45) is 7.05 Å². The lowest BCUT2D eigenvalue weighted by Gasteiger charge is -2.10. The molecule has 0 radical (unpaired) electrons. The molecule has 96 valence electrons. The number of nitrogens with one attached hydrogen (secondary N) is 1. The Hall–Kier alpha value is -2.17. The number of benzene rings is 1. The van der Waals surface area contributed by atoms with Gasteiger partial charge in [-0.1, -0.05) is 0 Å². The third-order valence-corrected chi connectivity index (χ3v) is 2.75. The summed E-state index contributed by atoms with van der Waals surface area (Å²) in [7, 11) is 3.54. The maximum absolute atomic E-state index is 5.92. The van der Waals surface area contributed by atoms with E-state index in [0.29, 0.717) is 5.69 Å². The van der Waals surface area contributed by atoms with Gasteiger partial charge in [0.2, 0.25) is 0 Å². The molecular weight excluding hydrogens is 228 g/mol. The molecule has 1 aromatic heterocycles. The SMILES string of the molecule is COc1ccc(NCCc2cnn(C)c2)c(N)c1. The number of hydrogen-bond donors (Lipinski definition) is 2. The van der Waals surface area contributed by atoms with Crippen molar-refractivity contribution in [1.29, 1.82) is 0 Å². The lowest BCUT2D eigenvalue weighted by atomic mass is 10.2. The highest BCUT2D eigenvalue weighted by molar-refractivity contribution is 5.68. The topological polar surface area (TPSA) is 65.1 Å². The maximum Gasteiger partial charge on any atom is 0.121 e. The summed E-state index contributed by atoms with van der Waals surface area (Å²) < 4.78 is 6.91. The lowest BCUT2D eigenvalue weighted by molar-refractivity contribution is 0.415. The van der Waals surface area contributed by atoms with Crippen LogP contribution in [0.1, 0.15) is 5.56 Å². The van der Waals surface area contributed by atoms with Gasteiger partial charge < -0.3 is 15.8 Å². The van der Waals surface area contributed by atoms with Crippen LogP contribution in [0, 0.1) is 0 Å². The predicted molar refractivity (Wildman–Crippen MR) is 72.8 cm³/mol. The van der Waals surface area contributed by atoms with Crippen LogP contribution in [0.5, 0.6) is 5.75 Å². The first-order valence-corrected chi connectivity index (χ1v) is 5.84. The standard InChI is InChI=1S/C13H18N4O/c1-17-9-10(8-16-17)5-6-15-13-4-3-11(18-2)7-12(13)14/h3-4,7-9,15H,5-6,14H2,1-2H3. The Labute approximate surface area is 107 Å². The van der Waals surface area contributed by atoms with E-state index in [1.165, 1.54) is 5.56 Å². The van der Waals surface area contributed by atoms with Gasteiger partial charge in [0.1, 0.15) is 5.75 Å². The fourth-order valence-corrected chi connectivity index (χ4v) is 1.77. The third kappa shape index (κ3) is 2.94. The summed E-state index contributed by atoms with van der Waals surface area (Å²) in [6.07, 6.45) is 4.80. The van der Waals surface area contributed by atoms with Crippen molar-refractivity contribution in [3.8, 4) is 5.75 Å². The zero-order chi connectivity index (χ0) is 13.0. The molecule has 0 atom stereocenters. The van der Waals surface area contributed by atoms with Gasteiger partial charge in [-0.25, -0.2) is 0 Å². The minimum Gasteiger partial charge on any atom is -0.497 e. The summed E-state index contributed by atoms with van der Waals surface area (Å²) in [6.45, 7) is 0.822. The van der Waals surface area contributed by atoms with Crippen molar-refractivity contribution in [1.82, 2.24) is 9.78 Å². The fourth-order valence-electron chi connectivity index (χ4n) is 1.77. The summed E-state index contributed by atoms with van der Waals surface area (Å²) in [5.74, 6) is 0.769. The molecule has 5 nitrogen and oxygen atoms in total. The van der Waals surface area contributed by atoms with Gasteiger partial charge >= 0.3 is 0 Å². The summed E-state index contributed by atoms with van der Waals surface area (Å²) in [5.41, 5.74) is 8.75. The Bertz CT molecular complexity index is 521. The highest BCUT2D eigenvalue weighted by atomic mass is 16.5. The van der Waals surface area contributed by atoms with E-state index in [2.05, 4.69) is 10.4 Å². The number of methoxy groups -OCH3 is 1. The molecule has 1 heterocycles. The summed E-state index contributed by atoms with van der Waals surface area (Å²) in [5, 5.41) is 7.43. The Morgan fingerprint density at radius 3 is 2.89 bits per heavy atom. The van der Waals surface area contributed by atoms with Crippen LogP contribution in [0.3, 0.4) is 0 Å². The van der Waals surface area contributed by atoms with Gasteiger partial charge in [-0.3, -0.25) is 4.68 Å². The molecule has 1 aromatic carbocycles. The van der Waals surface area contributed by atoms with E-state index in [0.717, 1.165) is 24.4 Å². The number of nitrogens with two attached hydrogens (primary N) is 1. The molecule has 18 heavy (non-hydrogen) atoms. The smallest absolute Gasteiger partial charge is 0.121 e. The maximum atomic E-state index is 5.92. The molecule has 0 bridgehead atoms. The zero-order valence-electron chi connectivity index (χ0n) is 10.7. The highest BCUT2D eigenvalue weighted by Crippen LogP contribution is 2.23. The van der Waals surface area contributed by atoms with E-state index in [9.17, 15) is 0 Å². The van der Waals surface area contributed by atoms with Crippen LogP contribution >= 0.6 is 0 Å². The average Bonchev–Trinajstić information content (AvgIpc) is 2.77. The number of aromatic nitrogens is 2. The Balaban J connectivity index is 1.90. The number of hydrogen-bond acceptors (Lipinski definition) is 4. The molecular formula is C13H18N4O. The van der Waals surface area contributed by atoms with Crippen LogP contribution in [0.15, 0.2) is 30.6 Å². The van der Waals surface area contributed by atoms with Crippen molar-refractivity contribution in [3.05, 3.63) is 36.2 Å². The van der Waals surface area contributed by atoms with E-state index in [1.807, 2.05) is 37.6 Å². The molecule has 0 aliphatic carbocycles. The molecule has 0 fully saturated rings. The average molecular weight is 246 g/mol. The zero-order valence-corrected chi connectivity index (χ0v) is 10.7. The fraction of sp³-hybridized carbons (Fsp3) is 0.308. The highest BCUT2D eigenvalue weighted by Gasteiger charge is 2.01. The molecule has 0 aliphatic rings. The Morgan fingerprint density at radius 1 is 1.44 bits per heavy atom. The van der Waals surface area contributed by atoms with E-state index >= 15 is 0 Å². The summed E-state index contributed by atoms with van der Waals surface area (Å²) in [6, 6.07) is 5.63. The molecule has 5 heteroatoms. The van der Waals surface area contributed by atoms with Crippen LogP contribution in [0.25, 0.3) is 0 Å². The number of rotatable bonds is 5. The first-order chi connectivity index (χ1) is 8.69. The third-order valence-electron chi connectivity index (χ3n) is 2.75. The molecule has 2 aromatic rings. The quantitative estimate of drug-likeness (QED) is 0.788. The molecule has 2 rings (SSSR count). The number of aryl methyl sites for hydroxylation is 1. The van der Waals surface area contributed by atoms with Gasteiger partial charge in [0, 0.05) is 25.9 Å². The minimum atomic E-state index is 0.695. The van der Waals surface area contributed by atoms with Crippen molar-refractivity contribution >= 4 is 11.4 Å². The molecule has 0 aliphatic heterocycles. The second-order valence-corrected chi connectivity index (χ2v) is 4.15. The van der Waals surface area contributed by atoms with Crippen LogP contribution < -0.4 is 15.8 Å². The Morgan fingerprint density at radius 2 is 2.28 bits per heavy atom. The first-order valence-electron chi connectivity index (χ1n) is 5.84. The van der Waals surface area contributed by atoms with E-state index in [-0.39, 0.29) is 0 Å². The normalized spacial score (nSPS) is 10.3. The van der Waals surface area contributed by atoms with Crippen molar-refractivity contribution in [2.75, 3.05) is 24.7 Å². The minimum absolute atomic E-state index is 0.695. The van der Waals surface area contributed by atoms with Gasteiger partial charge in [0.25, 0.3) is 0 Å². The van der Waals surface area contributed by atoms with Gasteiger partial charge in [-0.2, -0.15) is 5.10 Å². The summed E-state index contributed by atoms with van der Waals surface area (Å²) in [4.78, 5) is 0. The van der Waals surface area contributed by atoms with Crippen molar-refractivity contribution < 1.29 is 4.74 Å². The second-order valence-electron chi connectivity index (χ2n) is 4.15. The largest absolute Gasteiger partial charge is 0.497 e. The van der Waals surface area contributed by atoms with Gasteiger partial charge in [0.15, 0.2) is 0 Å². The molecule has 0 unspecified atom stereocenters. The van der Waals surface area contributed by atoms with E-state index in [4.69, 9.17) is 10.5 Å². The number of nitrogens with zero attached hydrogens (tertiary/aromatic N) is 2. The van der Waals surface area contributed by atoms with Gasteiger partial charge in [-0.15, -0.1) is 0 Å². The van der Waals surface area contributed by atoms with Crippen LogP contribution in [-0.2, 0) is 13.5 Å². The number of anilines is 2. The van der Waals surface area contributed by atoms with E-state index in [1.54, 1.807) is 11.8 Å². The molecule has 3 N–H and O–H groups in total. The number of ether oxygens (including phenoxy) is 1. The number of nitrogen functional groups attached to an aromatic ring is 1.